The van der Waals surface area contributed by atoms with Gasteiger partial charge in [-0.2, -0.15) is 0 Å². The molecule has 0 spiro atoms. The van der Waals surface area contributed by atoms with Gasteiger partial charge in [-0.3, -0.25) is 4.72 Å². The highest BCUT2D eigenvalue weighted by Gasteiger charge is 2.22. The molecule has 0 radical (unpaired) electrons. The Morgan fingerprint density at radius 2 is 1.83 bits per heavy atom. The Kier molecular flexibility index (Phi) is 3.81. The van der Waals surface area contributed by atoms with E-state index in [1.54, 1.807) is 6.07 Å². The van der Waals surface area contributed by atoms with E-state index < -0.39 is 10.0 Å². The van der Waals surface area contributed by atoms with Gasteiger partial charge in [0, 0.05) is 11.6 Å². The molecular formula is C12H19NO4S. The van der Waals surface area contributed by atoms with Gasteiger partial charge in [-0.1, -0.05) is 20.8 Å². The first-order valence-electron chi connectivity index (χ1n) is 5.44. The Morgan fingerprint density at radius 1 is 1.28 bits per heavy atom. The smallest absolute Gasteiger partial charge is 0.229 e. The molecule has 0 aliphatic rings. The molecule has 0 heterocycles. The first-order chi connectivity index (χ1) is 8.04. The first kappa shape index (κ1) is 14.6. The van der Waals surface area contributed by atoms with Gasteiger partial charge in [0.2, 0.25) is 10.0 Å². The quantitative estimate of drug-likeness (QED) is 0.827. The Labute approximate surface area is 108 Å². The fraction of sp³-hybridized carbons (Fsp3) is 0.500. The predicted molar refractivity (Wildman–Crippen MR) is 71.8 cm³/mol. The summed E-state index contributed by atoms with van der Waals surface area (Å²) < 4.78 is 29.9. The topological polar surface area (TPSA) is 75.6 Å². The summed E-state index contributed by atoms with van der Waals surface area (Å²) in [5.41, 5.74) is 0.418. The van der Waals surface area contributed by atoms with Crippen LogP contribution in [0.1, 0.15) is 26.3 Å². The maximum Gasteiger partial charge on any atom is 0.229 e. The number of sulfonamides is 1. The van der Waals surface area contributed by atoms with Crippen LogP contribution in [0, 0.1) is 0 Å². The van der Waals surface area contributed by atoms with Crippen LogP contribution in [0.4, 0.5) is 5.69 Å². The van der Waals surface area contributed by atoms with Crippen LogP contribution in [-0.2, 0) is 15.4 Å². The normalized spacial score (nSPS) is 12.3. The van der Waals surface area contributed by atoms with E-state index in [1.807, 2.05) is 20.8 Å². The second kappa shape index (κ2) is 4.68. The molecule has 0 aromatic heterocycles. The number of anilines is 1. The van der Waals surface area contributed by atoms with Crippen molar-refractivity contribution in [1.82, 2.24) is 0 Å². The molecule has 0 saturated carbocycles. The average molecular weight is 273 g/mol. The van der Waals surface area contributed by atoms with Crippen molar-refractivity contribution in [3.63, 3.8) is 0 Å². The summed E-state index contributed by atoms with van der Waals surface area (Å²) in [6.45, 7) is 5.77. The summed E-state index contributed by atoms with van der Waals surface area (Å²) in [5.74, 6) is 0.414. The number of aromatic hydroxyl groups is 1. The van der Waals surface area contributed by atoms with Crippen LogP contribution in [-0.4, -0.2) is 26.9 Å². The number of hydrogen-bond acceptors (Lipinski definition) is 4. The highest BCUT2D eigenvalue weighted by atomic mass is 32.2. The van der Waals surface area contributed by atoms with Crippen molar-refractivity contribution in [2.75, 3.05) is 18.1 Å². The van der Waals surface area contributed by atoms with Crippen LogP contribution in [0.15, 0.2) is 12.1 Å². The van der Waals surface area contributed by atoms with E-state index in [0.29, 0.717) is 11.3 Å². The third kappa shape index (κ3) is 3.53. The summed E-state index contributed by atoms with van der Waals surface area (Å²) in [6, 6.07) is 3.15. The molecular weight excluding hydrogens is 254 g/mol. The molecule has 2 N–H and O–H groups in total. The van der Waals surface area contributed by atoms with E-state index in [2.05, 4.69) is 4.72 Å². The fourth-order valence-corrected chi connectivity index (χ4v) is 2.13. The molecule has 6 heteroatoms. The highest BCUT2D eigenvalue weighted by Crippen LogP contribution is 2.39. The molecule has 5 nitrogen and oxygen atoms in total. The van der Waals surface area contributed by atoms with Crippen LogP contribution < -0.4 is 9.46 Å². The predicted octanol–water partition coefficient (Wildman–Crippen LogP) is 2.07. The molecule has 1 rings (SSSR count). The average Bonchev–Trinajstić information content (AvgIpc) is 2.17. The van der Waals surface area contributed by atoms with Crippen molar-refractivity contribution in [3.05, 3.63) is 17.7 Å². The Hall–Kier alpha value is -1.43. The molecule has 0 atom stereocenters. The number of phenolic OH excluding ortho intramolecular Hbond substituents is 1. The fourth-order valence-electron chi connectivity index (χ4n) is 1.58. The van der Waals surface area contributed by atoms with Gasteiger partial charge in [-0.05, 0) is 11.5 Å². The van der Waals surface area contributed by atoms with Gasteiger partial charge < -0.3 is 9.84 Å². The highest BCUT2D eigenvalue weighted by molar-refractivity contribution is 7.92. The number of rotatable bonds is 3. The molecule has 1 aromatic carbocycles. The lowest BCUT2D eigenvalue weighted by Gasteiger charge is -2.23. The lowest BCUT2D eigenvalue weighted by Crippen LogP contribution is -2.15. The van der Waals surface area contributed by atoms with Gasteiger partial charge in [-0.25, -0.2) is 8.42 Å². The zero-order valence-electron chi connectivity index (χ0n) is 11.2. The minimum Gasteiger partial charge on any atom is -0.505 e. The lowest BCUT2D eigenvalue weighted by molar-refractivity contribution is 0.406. The summed E-state index contributed by atoms with van der Waals surface area (Å²) in [6.07, 6.45) is 1.03. The Morgan fingerprint density at radius 3 is 2.22 bits per heavy atom. The summed E-state index contributed by atoms with van der Waals surface area (Å²) >= 11 is 0. The van der Waals surface area contributed by atoms with Crippen LogP contribution in [0.5, 0.6) is 11.5 Å². The van der Waals surface area contributed by atoms with E-state index in [-0.39, 0.29) is 16.9 Å². The first-order valence-corrected chi connectivity index (χ1v) is 7.33. The minimum absolute atomic E-state index is 0.0753. The molecule has 0 aliphatic carbocycles. The molecule has 1 aromatic rings. The third-order valence-electron chi connectivity index (χ3n) is 2.42. The van der Waals surface area contributed by atoms with Crippen molar-refractivity contribution in [1.29, 1.82) is 0 Å². The van der Waals surface area contributed by atoms with Crippen molar-refractivity contribution in [2.45, 2.75) is 26.2 Å². The van der Waals surface area contributed by atoms with E-state index in [0.717, 1.165) is 6.26 Å². The molecule has 0 fully saturated rings. The maximum absolute atomic E-state index is 11.3. The Balaban J connectivity index is 3.44. The van der Waals surface area contributed by atoms with E-state index in [1.165, 1.54) is 13.2 Å². The number of phenols is 1. The van der Waals surface area contributed by atoms with Gasteiger partial charge in [0.1, 0.15) is 11.5 Å². The zero-order chi connectivity index (χ0) is 14.1. The molecule has 102 valence electrons. The van der Waals surface area contributed by atoms with Gasteiger partial charge in [0.05, 0.1) is 19.1 Å². The number of benzene rings is 1. The van der Waals surface area contributed by atoms with Gasteiger partial charge in [0.25, 0.3) is 0 Å². The van der Waals surface area contributed by atoms with Gasteiger partial charge in [-0.15, -0.1) is 0 Å². The van der Waals surface area contributed by atoms with E-state index >= 15 is 0 Å². The molecule has 0 saturated heterocycles. The van der Waals surface area contributed by atoms with Crippen molar-refractivity contribution in [3.8, 4) is 11.5 Å². The summed E-state index contributed by atoms with van der Waals surface area (Å²) in [7, 11) is -1.96. The summed E-state index contributed by atoms with van der Waals surface area (Å²) in [4.78, 5) is 0. The van der Waals surface area contributed by atoms with Crippen LogP contribution in [0.25, 0.3) is 0 Å². The number of hydrogen-bond donors (Lipinski definition) is 2. The van der Waals surface area contributed by atoms with Crippen molar-refractivity contribution >= 4 is 15.7 Å². The number of methoxy groups -OCH3 is 1. The molecule has 0 unspecified atom stereocenters. The number of ether oxygens (including phenoxy) is 1. The lowest BCUT2D eigenvalue weighted by atomic mass is 9.86. The molecule has 0 bridgehead atoms. The number of nitrogens with one attached hydrogen (secondary N) is 1. The van der Waals surface area contributed by atoms with E-state index in [9.17, 15) is 13.5 Å². The standard InChI is InChI=1S/C12H19NO4S/c1-12(2,3)9-6-8(17-4)7-10(11(9)14)13-18(5,15)16/h6-7,13-14H,1-5H3. The van der Waals surface area contributed by atoms with Crippen molar-refractivity contribution < 1.29 is 18.3 Å². The molecule has 0 aliphatic heterocycles. The molecule has 18 heavy (non-hydrogen) atoms. The maximum atomic E-state index is 11.3. The Bertz CT molecular complexity index is 544. The second-order valence-electron chi connectivity index (χ2n) is 5.20. The monoisotopic (exact) mass is 273 g/mol. The second-order valence-corrected chi connectivity index (χ2v) is 6.94. The van der Waals surface area contributed by atoms with Crippen LogP contribution in [0.2, 0.25) is 0 Å². The third-order valence-corrected chi connectivity index (χ3v) is 3.01. The molecule has 0 amide bonds. The zero-order valence-corrected chi connectivity index (χ0v) is 12.1. The largest absolute Gasteiger partial charge is 0.505 e. The van der Waals surface area contributed by atoms with Gasteiger partial charge in [0.15, 0.2) is 0 Å². The van der Waals surface area contributed by atoms with Crippen LogP contribution >= 0.6 is 0 Å². The van der Waals surface area contributed by atoms with Crippen LogP contribution in [0.3, 0.4) is 0 Å². The van der Waals surface area contributed by atoms with Crippen molar-refractivity contribution in [2.24, 2.45) is 0 Å². The minimum atomic E-state index is -3.45. The SMILES string of the molecule is COc1cc(NS(C)(=O)=O)c(O)c(C(C)(C)C)c1. The van der Waals surface area contributed by atoms with E-state index in [4.69, 9.17) is 4.74 Å². The summed E-state index contributed by atoms with van der Waals surface area (Å²) in [5, 5.41) is 10.1. The van der Waals surface area contributed by atoms with Gasteiger partial charge >= 0.3 is 0 Å².